The molecule has 0 bridgehead atoms. The quantitative estimate of drug-likeness (QED) is 0.120. The summed E-state index contributed by atoms with van der Waals surface area (Å²) in [6, 6.07) is 33.2. The van der Waals surface area contributed by atoms with Gasteiger partial charge in [-0.25, -0.2) is 9.97 Å². The second-order valence-corrected chi connectivity index (χ2v) is 12.9. The molecule has 7 rings (SSSR count). The summed E-state index contributed by atoms with van der Waals surface area (Å²) in [5.41, 5.74) is 7.20. The van der Waals surface area contributed by atoms with Crippen LogP contribution in [-0.4, -0.2) is 59.8 Å². The molecular formula is C41H43N5O4. The zero-order valence-electron chi connectivity index (χ0n) is 29.0. The van der Waals surface area contributed by atoms with Crippen LogP contribution >= 0.6 is 0 Å². The maximum Gasteiger partial charge on any atom is 0.313 e. The zero-order chi connectivity index (χ0) is 34.5. The standard InChI is InChI=1S/C41H43N5O4/c1-48-33-18-14-30(15-19-33)26-45(27-31-16-20-34(49-2)21-17-31)41-39-40(35-8-4-5-9-36(35)42-41)46(37(43-39)24-38(47)50-3)28-32-12-10-29(11-13-32)25-44-22-6-7-23-44/h4-5,8-21H,6-7,22-28H2,1-3H3. The lowest BCUT2D eigenvalue weighted by Crippen LogP contribution is -2.23. The molecule has 3 heterocycles. The molecule has 0 amide bonds. The van der Waals surface area contributed by atoms with Crippen molar-refractivity contribution in [2.24, 2.45) is 0 Å². The van der Waals surface area contributed by atoms with E-state index in [4.69, 9.17) is 24.2 Å². The minimum Gasteiger partial charge on any atom is -0.497 e. The van der Waals surface area contributed by atoms with Gasteiger partial charge in [0.25, 0.3) is 0 Å². The molecule has 0 N–H and O–H groups in total. The second-order valence-electron chi connectivity index (χ2n) is 12.9. The van der Waals surface area contributed by atoms with Gasteiger partial charge in [0.1, 0.15) is 29.3 Å². The third-order valence-corrected chi connectivity index (χ3v) is 9.51. The first kappa shape index (κ1) is 33.1. The number of carbonyl (C=O) groups excluding carboxylic acids is 1. The van der Waals surface area contributed by atoms with Crippen LogP contribution in [0, 0.1) is 0 Å². The Labute approximate surface area is 293 Å². The third-order valence-electron chi connectivity index (χ3n) is 9.51. The van der Waals surface area contributed by atoms with Crippen LogP contribution in [0.3, 0.4) is 0 Å². The highest BCUT2D eigenvalue weighted by Gasteiger charge is 2.24. The first-order chi connectivity index (χ1) is 24.5. The fourth-order valence-corrected chi connectivity index (χ4v) is 6.83. The summed E-state index contributed by atoms with van der Waals surface area (Å²) >= 11 is 0. The molecule has 1 saturated heterocycles. The number of benzene rings is 4. The number of hydrogen-bond acceptors (Lipinski definition) is 8. The lowest BCUT2D eigenvalue weighted by Gasteiger charge is -2.25. The van der Waals surface area contributed by atoms with Gasteiger partial charge < -0.3 is 23.7 Å². The summed E-state index contributed by atoms with van der Waals surface area (Å²) in [5.74, 6) is 2.65. The Morgan fingerprint density at radius 2 is 1.26 bits per heavy atom. The number of hydrogen-bond donors (Lipinski definition) is 0. The van der Waals surface area contributed by atoms with E-state index < -0.39 is 0 Å². The Kier molecular flexibility index (Phi) is 9.93. The van der Waals surface area contributed by atoms with Gasteiger partial charge in [-0.1, -0.05) is 66.7 Å². The van der Waals surface area contributed by atoms with Crippen LogP contribution < -0.4 is 14.4 Å². The molecule has 1 aliphatic heterocycles. The smallest absolute Gasteiger partial charge is 0.313 e. The van der Waals surface area contributed by atoms with E-state index in [-0.39, 0.29) is 12.4 Å². The number of carbonyl (C=O) groups is 1. The van der Waals surface area contributed by atoms with Crippen molar-refractivity contribution in [1.82, 2.24) is 19.4 Å². The maximum absolute atomic E-state index is 12.8. The molecule has 0 unspecified atom stereocenters. The molecule has 0 aliphatic carbocycles. The molecule has 2 aromatic heterocycles. The Balaban J connectivity index is 1.35. The number of esters is 1. The summed E-state index contributed by atoms with van der Waals surface area (Å²) in [6.07, 6.45) is 2.59. The average molecular weight is 670 g/mol. The van der Waals surface area contributed by atoms with E-state index in [1.165, 1.54) is 25.5 Å². The van der Waals surface area contributed by atoms with Gasteiger partial charge in [0.2, 0.25) is 0 Å². The largest absolute Gasteiger partial charge is 0.497 e. The monoisotopic (exact) mass is 669 g/mol. The van der Waals surface area contributed by atoms with Crippen molar-refractivity contribution in [2.75, 3.05) is 39.3 Å². The number of likely N-dealkylation sites (tertiary alicyclic amines) is 1. The first-order valence-corrected chi connectivity index (χ1v) is 17.2. The van der Waals surface area contributed by atoms with Crippen molar-refractivity contribution in [1.29, 1.82) is 0 Å². The molecule has 1 fully saturated rings. The lowest BCUT2D eigenvalue weighted by atomic mass is 10.1. The highest BCUT2D eigenvalue weighted by molar-refractivity contribution is 6.07. The van der Waals surface area contributed by atoms with Gasteiger partial charge in [0.05, 0.1) is 32.4 Å². The normalized spacial score (nSPS) is 13.2. The number of ether oxygens (including phenoxy) is 3. The number of imidazole rings is 1. The van der Waals surface area contributed by atoms with Crippen LogP contribution in [0.5, 0.6) is 11.5 Å². The van der Waals surface area contributed by atoms with Crippen LogP contribution in [0.1, 0.15) is 40.9 Å². The van der Waals surface area contributed by atoms with E-state index in [2.05, 4.69) is 69.0 Å². The first-order valence-electron chi connectivity index (χ1n) is 17.2. The van der Waals surface area contributed by atoms with Crippen molar-refractivity contribution < 1.29 is 19.0 Å². The van der Waals surface area contributed by atoms with E-state index >= 15 is 0 Å². The van der Waals surface area contributed by atoms with Gasteiger partial charge in [0, 0.05) is 31.6 Å². The molecule has 0 radical (unpaired) electrons. The predicted octanol–water partition coefficient (Wildman–Crippen LogP) is 7.17. The number of methoxy groups -OCH3 is 3. The van der Waals surface area contributed by atoms with Crippen molar-refractivity contribution in [3.05, 3.63) is 125 Å². The molecule has 9 heteroatoms. The Morgan fingerprint density at radius 1 is 0.700 bits per heavy atom. The highest BCUT2D eigenvalue weighted by Crippen LogP contribution is 2.35. The molecule has 4 aromatic carbocycles. The van der Waals surface area contributed by atoms with Crippen LogP contribution in [-0.2, 0) is 42.1 Å². The number of anilines is 1. The Hall–Kier alpha value is -5.41. The fourth-order valence-electron chi connectivity index (χ4n) is 6.83. The zero-order valence-corrected chi connectivity index (χ0v) is 29.0. The Bertz CT molecular complexity index is 2020. The molecular weight excluding hydrogens is 626 g/mol. The van der Waals surface area contributed by atoms with Gasteiger partial charge in [-0.05, 0) is 78.5 Å². The van der Waals surface area contributed by atoms with Gasteiger partial charge in [-0.15, -0.1) is 0 Å². The van der Waals surface area contributed by atoms with Crippen LogP contribution in [0.2, 0.25) is 0 Å². The fraction of sp³-hybridized carbons (Fsp3) is 0.293. The van der Waals surface area contributed by atoms with E-state index in [0.717, 1.165) is 75.6 Å². The predicted molar refractivity (Wildman–Crippen MR) is 197 cm³/mol. The highest BCUT2D eigenvalue weighted by atomic mass is 16.5. The molecule has 6 aromatic rings. The molecule has 9 nitrogen and oxygen atoms in total. The van der Waals surface area contributed by atoms with E-state index in [1.54, 1.807) is 14.2 Å². The number of fused-ring (bicyclic) bond motifs is 3. The number of pyridine rings is 1. The minimum atomic E-state index is -0.338. The van der Waals surface area contributed by atoms with Gasteiger partial charge in [0.15, 0.2) is 5.82 Å². The van der Waals surface area contributed by atoms with Crippen molar-refractivity contribution in [3.8, 4) is 11.5 Å². The lowest BCUT2D eigenvalue weighted by molar-refractivity contribution is -0.139. The number of aromatic nitrogens is 3. The van der Waals surface area contributed by atoms with Crippen molar-refractivity contribution >= 4 is 33.7 Å². The number of para-hydroxylation sites is 1. The summed E-state index contributed by atoms with van der Waals surface area (Å²) in [5, 5.41) is 0.981. The summed E-state index contributed by atoms with van der Waals surface area (Å²) in [7, 11) is 4.76. The van der Waals surface area contributed by atoms with Crippen LogP contribution in [0.15, 0.2) is 97.1 Å². The maximum atomic E-state index is 12.8. The average Bonchev–Trinajstić information content (AvgIpc) is 3.80. The second kappa shape index (κ2) is 15.0. The number of nitrogens with zero attached hydrogens (tertiary/aromatic N) is 5. The molecule has 0 atom stereocenters. The van der Waals surface area contributed by atoms with E-state index in [0.29, 0.717) is 25.5 Å². The number of rotatable bonds is 13. The molecule has 50 heavy (non-hydrogen) atoms. The van der Waals surface area contributed by atoms with Gasteiger partial charge in [-0.2, -0.15) is 0 Å². The van der Waals surface area contributed by atoms with Crippen LogP contribution in [0.4, 0.5) is 5.82 Å². The summed E-state index contributed by atoms with van der Waals surface area (Å²) in [6.45, 7) is 5.01. The van der Waals surface area contributed by atoms with E-state index in [1.807, 2.05) is 42.5 Å². The summed E-state index contributed by atoms with van der Waals surface area (Å²) in [4.78, 5) is 28.0. The van der Waals surface area contributed by atoms with Gasteiger partial charge in [-0.3, -0.25) is 9.69 Å². The summed E-state index contributed by atoms with van der Waals surface area (Å²) < 4.78 is 18.2. The SMILES string of the molecule is COC(=O)Cc1nc2c(N(Cc3ccc(OC)cc3)Cc3ccc(OC)cc3)nc3ccccc3c2n1Cc1ccc(CN2CCCC2)cc1. The molecule has 0 saturated carbocycles. The minimum absolute atomic E-state index is 0.0446. The molecule has 0 spiro atoms. The molecule has 1 aliphatic rings. The van der Waals surface area contributed by atoms with Gasteiger partial charge >= 0.3 is 5.97 Å². The van der Waals surface area contributed by atoms with Crippen molar-refractivity contribution in [3.63, 3.8) is 0 Å². The molecule has 256 valence electrons. The van der Waals surface area contributed by atoms with E-state index in [9.17, 15) is 4.79 Å². The Morgan fingerprint density at radius 3 is 1.84 bits per heavy atom. The van der Waals surface area contributed by atoms with Crippen molar-refractivity contribution in [2.45, 2.75) is 45.4 Å². The van der Waals surface area contributed by atoms with Crippen LogP contribution in [0.25, 0.3) is 21.9 Å². The third kappa shape index (κ3) is 7.28. The topological polar surface area (TPSA) is 82.0 Å².